The zero-order chi connectivity index (χ0) is 25.0. The maximum atomic E-state index is 12.8. The second kappa shape index (κ2) is 10.7. The Hall–Kier alpha value is -2.98. The highest BCUT2D eigenvalue weighted by atomic mass is 35.5. The van der Waals surface area contributed by atoms with Crippen molar-refractivity contribution in [1.82, 2.24) is 4.90 Å². The van der Waals surface area contributed by atoms with Gasteiger partial charge in [-0.1, -0.05) is 53.5 Å². The quantitative estimate of drug-likeness (QED) is 0.256. The molecule has 0 N–H and O–H groups in total. The summed E-state index contributed by atoms with van der Waals surface area (Å²) in [6.07, 6.45) is 1.42. The fourth-order valence-electron chi connectivity index (χ4n) is 3.09. The lowest BCUT2D eigenvalue weighted by Crippen LogP contribution is -2.32. The number of halogens is 2. The molecule has 2 amide bonds. The Labute approximate surface area is 216 Å². The third-order valence-corrected chi connectivity index (χ3v) is 7.51. The Morgan fingerprint density at radius 2 is 1.54 bits per heavy atom. The summed E-state index contributed by atoms with van der Waals surface area (Å²) in [7, 11) is -4.15. The number of ether oxygens (including phenoxy) is 1. The van der Waals surface area contributed by atoms with Crippen LogP contribution < -0.4 is 8.92 Å². The first-order valence-corrected chi connectivity index (χ1v) is 13.1. The van der Waals surface area contributed by atoms with E-state index in [9.17, 15) is 18.0 Å². The molecule has 0 radical (unpaired) electrons. The molecule has 35 heavy (non-hydrogen) atoms. The largest absolute Gasteiger partial charge is 0.490 e. The minimum absolute atomic E-state index is 0.0105. The molecule has 1 aliphatic rings. The van der Waals surface area contributed by atoms with Crippen LogP contribution in [-0.4, -0.2) is 37.6 Å². The minimum atomic E-state index is -4.15. The summed E-state index contributed by atoms with van der Waals surface area (Å²) in [4.78, 5) is 26.4. The molecule has 180 valence electrons. The van der Waals surface area contributed by atoms with Crippen LogP contribution >= 0.6 is 35.0 Å². The Balaban J connectivity index is 1.49. The number of amides is 2. The molecule has 0 bridgehead atoms. The van der Waals surface area contributed by atoms with Gasteiger partial charge in [-0.05, 0) is 60.3 Å². The first kappa shape index (κ1) is 25.1. The van der Waals surface area contributed by atoms with E-state index in [-0.39, 0.29) is 28.7 Å². The molecule has 4 rings (SSSR count). The molecule has 0 spiro atoms. The number of carbonyl (C=O) groups is 2. The van der Waals surface area contributed by atoms with Gasteiger partial charge in [-0.3, -0.25) is 14.5 Å². The van der Waals surface area contributed by atoms with Gasteiger partial charge in [-0.25, -0.2) is 0 Å². The van der Waals surface area contributed by atoms with Crippen LogP contribution in [0.1, 0.15) is 5.56 Å². The summed E-state index contributed by atoms with van der Waals surface area (Å²) in [5, 5.41) is 0.347. The van der Waals surface area contributed by atoms with Crippen LogP contribution in [0, 0.1) is 0 Å². The molecule has 3 aromatic carbocycles. The molecule has 0 aromatic heterocycles. The standard InChI is InChI=1S/C24H17Cl2NO6S2/c25-17-9-11-18(12-10-17)35(30,31)33-20-7-3-1-5-16(20)15-22-23(28)27(24(29)34-22)13-14-32-21-8-4-2-6-19(21)26/h1-12,15H,13-14H2/b22-15-. The van der Waals surface area contributed by atoms with Crippen molar-refractivity contribution < 1.29 is 26.9 Å². The molecule has 0 atom stereocenters. The highest BCUT2D eigenvalue weighted by Gasteiger charge is 2.35. The second-order valence-electron chi connectivity index (χ2n) is 7.14. The van der Waals surface area contributed by atoms with Crippen molar-refractivity contribution in [3.63, 3.8) is 0 Å². The van der Waals surface area contributed by atoms with Gasteiger partial charge in [0.1, 0.15) is 23.0 Å². The van der Waals surface area contributed by atoms with Crippen LogP contribution in [0.4, 0.5) is 4.79 Å². The van der Waals surface area contributed by atoms with Crippen LogP contribution in [0.2, 0.25) is 10.0 Å². The van der Waals surface area contributed by atoms with E-state index >= 15 is 0 Å². The molecule has 7 nitrogen and oxygen atoms in total. The maximum Gasteiger partial charge on any atom is 0.339 e. The van der Waals surface area contributed by atoms with Gasteiger partial charge in [0.25, 0.3) is 11.1 Å². The zero-order valence-corrected chi connectivity index (χ0v) is 21.0. The molecule has 0 saturated carbocycles. The van der Waals surface area contributed by atoms with E-state index in [1.165, 1.54) is 36.4 Å². The van der Waals surface area contributed by atoms with Gasteiger partial charge < -0.3 is 8.92 Å². The number of benzene rings is 3. The number of nitrogens with zero attached hydrogens (tertiary/aromatic N) is 1. The first-order chi connectivity index (χ1) is 16.7. The SMILES string of the molecule is O=C1S/C(=C\c2ccccc2OS(=O)(=O)c2ccc(Cl)cc2)C(=O)N1CCOc1ccccc1Cl. The van der Waals surface area contributed by atoms with E-state index in [0.29, 0.717) is 21.4 Å². The van der Waals surface area contributed by atoms with E-state index < -0.39 is 21.3 Å². The Kier molecular flexibility index (Phi) is 7.71. The first-order valence-electron chi connectivity index (χ1n) is 10.2. The van der Waals surface area contributed by atoms with Crippen LogP contribution in [0.15, 0.2) is 82.6 Å². The fraction of sp³-hybridized carbons (Fsp3) is 0.0833. The second-order valence-corrected chi connectivity index (χ2v) is 10.5. The predicted molar refractivity (Wildman–Crippen MR) is 135 cm³/mol. The van der Waals surface area contributed by atoms with Crippen molar-refractivity contribution in [3.05, 3.63) is 93.3 Å². The number of hydrogen-bond acceptors (Lipinski definition) is 7. The monoisotopic (exact) mass is 549 g/mol. The lowest BCUT2D eigenvalue weighted by Gasteiger charge is -2.14. The number of hydrogen-bond donors (Lipinski definition) is 0. The third kappa shape index (κ3) is 5.99. The zero-order valence-electron chi connectivity index (χ0n) is 17.9. The van der Waals surface area contributed by atoms with Crippen LogP contribution in [-0.2, 0) is 14.9 Å². The van der Waals surface area contributed by atoms with Gasteiger partial charge in [-0.15, -0.1) is 0 Å². The fourth-order valence-corrected chi connectivity index (χ4v) is 5.21. The molecule has 0 aliphatic carbocycles. The van der Waals surface area contributed by atoms with Crippen molar-refractivity contribution in [2.24, 2.45) is 0 Å². The van der Waals surface area contributed by atoms with Gasteiger partial charge in [-0.2, -0.15) is 8.42 Å². The summed E-state index contributed by atoms with van der Waals surface area (Å²) in [6, 6.07) is 18.7. The van der Waals surface area contributed by atoms with E-state index in [0.717, 1.165) is 16.7 Å². The number of rotatable bonds is 8. The van der Waals surface area contributed by atoms with Gasteiger partial charge in [0.15, 0.2) is 0 Å². The average Bonchev–Trinajstić information content (AvgIpc) is 3.09. The summed E-state index contributed by atoms with van der Waals surface area (Å²) in [5.74, 6) is -0.0564. The maximum absolute atomic E-state index is 12.8. The van der Waals surface area contributed by atoms with Crippen molar-refractivity contribution in [2.45, 2.75) is 4.90 Å². The smallest absolute Gasteiger partial charge is 0.339 e. The molecule has 1 heterocycles. The highest BCUT2D eigenvalue weighted by molar-refractivity contribution is 8.18. The van der Waals surface area contributed by atoms with Gasteiger partial charge in [0, 0.05) is 10.6 Å². The lowest BCUT2D eigenvalue weighted by atomic mass is 10.2. The van der Waals surface area contributed by atoms with Crippen LogP contribution in [0.25, 0.3) is 6.08 Å². The Morgan fingerprint density at radius 3 is 2.26 bits per heavy atom. The van der Waals surface area contributed by atoms with E-state index in [1.54, 1.807) is 42.5 Å². The Morgan fingerprint density at radius 1 is 0.886 bits per heavy atom. The summed E-state index contributed by atoms with van der Waals surface area (Å²) >= 11 is 12.6. The predicted octanol–water partition coefficient (Wildman–Crippen LogP) is 5.88. The number of carbonyl (C=O) groups excluding carboxylic acids is 2. The molecular formula is C24H17Cl2NO6S2. The van der Waals surface area contributed by atoms with Crippen molar-refractivity contribution in [2.75, 3.05) is 13.2 Å². The highest BCUT2D eigenvalue weighted by Crippen LogP contribution is 2.34. The van der Waals surface area contributed by atoms with Crippen LogP contribution in [0.5, 0.6) is 11.5 Å². The van der Waals surface area contributed by atoms with Crippen LogP contribution in [0.3, 0.4) is 0 Å². The molecule has 3 aromatic rings. The normalized spacial score (nSPS) is 15.0. The topological polar surface area (TPSA) is 90.0 Å². The van der Waals surface area contributed by atoms with Crippen molar-refractivity contribution in [3.8, 4) is 11.5 Å². The molecule has 11 heteroatoms. The van der Waals surface area contributed by atoms with Gasteiger partial charge in [0.2, 0.25) is 0 Å². The molecule has 1 saturated heterocycles. The third-order valence-electron chi connectivity index (χ3n) is 4.79. The number of imide groups is 1. The average molecular weight is 550 g/mol. The molecule has 0 unspecified atom stereocenters. The minimum Gasteiger partial charge on any atom is -0.490 e. The molecular weight excluding hydrogens is 533 g/mol. The summed E-state index contributed by atoms with van der Waals surface area (Å²) in [5.41, 5.74) is 0.322. The number of thioether (sulfide) groups is 1. The van der Waals surface area contributed by atoms with Gasteiger partial charge >= 0.3 is 10.1 Å². The van der Waals surface area contributed by atoms with Crippen molar-refractivity contribution >= 4 is 62.3 Å². The lowest BCUT2D eigenvalue weighted by molar-refractivity contribution is -0.123. The summed E-state index contributed by atoms with van der Waals surface area (Å²) in [6.45, 7) is 0.0877. The van der Waals surface area contributed by atoms with Gasteiger partial charge in [0.05, 0.1) is 16.5 Å². The van der Waals surface area contributed by atoms with E-state index in [1.807, 2.05) is 0 Å². The molecule has 1 aliphatic heterocycles. The molecule has 1 fully saturated rings. The number of para-hydroxylation sites is 2. The summed E-state index contributed by atoms with van der Waals surface area (Å²) < 4.78 is 36.3. The van der Waals surface area contributed by atoms with E-state index in [2.05, 4.69) is 0 Å². The van der Waals surface area contributed by atoms with E-state index in [4.69, 9.17) is 32.1 Å². The van der Waals surface area contributed by atoms with Crippen molar-refractivity contribution in [1.29, 1.82) is 0 Å². The Bertz CT molecular complexity index is 1410.